The molecule has 0 saturated heterocycles. The van der Waals surface area contributed by atoms with E-state index >= 15 is 0 Å². The Morgan fingerprint density at radius 1 is 0.469 bits per heavy atom. The number of thiophene rings is 3. The van der Waals surface area contributed by atoms with Gasteiger partial charge in [-0.2, -0.15) is 0 Å². The lowest BCUT2D eigenvalue weighted by Gasteiger charge is -2.25. The quantitative estimate of drug-likeness (QED) is 0.114. The Kier molecular flexibility index (Phi) is 13.4. The van der Waals surface area contributed by atoms with Gasteiger partial charge < -0.3 is 9.47 Å². The van der Waals surface area contributed by atoms with Crippen LogP contribution >= 0.6 is 34.0 Å². The highest BCUT2D eigenvalue weighted by Gasteiger charge is 2.29. The zero-order chi connectivity index (χ0) is 36.3. The van der Waals surface area contributed by atoms with Gasteiger partial charge in [-0.25, -0.2) is 0 Å². The van der Waals surface area contributed by atoms with Crippen LogP contribution in [0.1, 0.15) is 151 Å². The van der Waals surface area contributed by atoms with E-state index in [0.29, 0.717) is 0 Å². The minimum absolute atomic E-state index is 0.0604. The maximum atomic E-state index is 6.69. The smallest absolute Gasteiger partial charge is 0.131 e. The summed E-state index contributed by atoms with van der Waals surface area (Å²) in [5.74, 6) is 1.94. The molecular weight excluding hydrogens is 657 g/mol. The molecule has 0 amide bonds. The molecule has 0 radical (unpaired) electrons. The third-order valence-corrected chi connectivity index (χ3v) is 15.1. The molecule has 270 valence electrons. The number of hydrogen-bond donors (Lipinski definition) is 0. The van der Waals surface area contributed by atoms with Gasteiger partial charge in [-0.3, -0.25) is 0 Å². The number of rotatable bonds is 15. The molecule has 2 nitrogen and oxygen atoms in total. The number of benzene rings is 1. The summed E-state index contributed by atoms with van der Waals surface area (Å²) in [4.78, 5) is 8.52. The number of unbranched alkanes of at least 4 members (excludes halogenated alkanes) is 6. The van der Waals surface area contributed by atoms with E-state index in [2.05, 4.69) is 109 Å². The zero-order valence-electron chi connectivity index (χ0n) is 33.3. The first-order chi connectivity index (χ1) is 23.0. The summed E-state index contributed by atoms with van der Waals surface area (Å²) >= 11 is 5.94. The van der Waals surface area contributed by atoms with Gasteiger partial charge in [0.2, 0.25) is 0 Å². The molecule has 4 aromatic rings. The van der Waals surface area contributed by atoms with Crippen molar-refractivity contribution in [2.45, 2.75) is 159 Å². The number of hydrogen-bond acceptors (Lipinski definition) is 5. The summed E-state index contributed by atoms with van der Waals surface area (Å²) in [6.45, 7) is 33.8. The molecule has 0 N–H and O–H groups in total. The Morgan fingerprint density at radius 3 is 1.35 bits per heavy atom. The van der Waals surface area contributed by atoms with Crippen LogP contribution in [-0.4, -0.2) is 13.2 Å². The Labute approximate surface area is 311 Å². The predicted octanol–water partition coefficient (Wildman–Crippen LogP) is 15.2. The van der Waals surface area contributed by atoms with Crippen LogP contribution in [0.15, 0.2) is 12.1 Å². The number of ether oxygens (including phenoxy) is 2. The van der Waals surface area contributed by atoms with Gasteiger partial charge in [0.15, 0.2) is 0 Å². The summed E-state index contributed by atoms with van der Waals surface area (Å²) in [7, 11) is 0. The first-order valence-corrected chi connectivity index (χ1v) is 21.2. The fraction of sp³-hybridized carbons (Fsp3) is 0.591. The van der Waals surface area contributed by atoms with Crippen LogP contribution in [0.5, 0.6) is 11.5 Å². The Balaban J connectivity index is 1.83. The highest BCUT2D eigenvalue weighted by molar-refractivity contribution is 7.28. The van der Waals surface area contributed by atoms with Gasteiger partial charge in [0.05, 0.1) is 13.2 Å². The molecular formula is C44H64O2S3. The Hall–Kier alpha value is -2.08. The van der Waals surface area contributed by atoms with Crippen molar-refractivity contribution in [3.8, 4) is 41.4 Å². The fourth-order valence-corrected chi connectivity index (χ4v) is 11.1. The molecule has 49 heavy (non-hydrogen) atoms. The summed E-state index contributed by atoms with van der Waals surface area (Å²) in [5, 5.41) is 0. The molecule has 4 rings (SSSR count). The van der Waals surface area contributed by atoms with Crippen molar-refractivity contribution in [2.24, 2.45) is 0 Å². The summed E-state index contributed by atoms with van der Waals surface area (Å²) in [5.41, 5.74) is 11.0. The SMILES string of the molecule is CCCCCCOc1cc(OCCCCCC)c(C(C)(C)C)cc1-c1sc(-c2sc(-c3sc(C(C)(C)C)c(C)c3C)c(C)c2C)c(C)c1C. The van der Waals surface area contributed by atoms with Crippen molar-refractivity contribution in [1.29, 1.82) is 0 Å². The molecule has 0 aliphatic heterocycles. The van der Waals surface area contributed by atoms with Gasteiger partial charge in [0.1, 0.15) is 11.5 Å². The van der Waals surface area contributed by atoms with E-state index in [4.69, 9.17) is 9.47 Å². The van der Waals surface area contributed by atoms with Gasteiger partial charge in [-0.05, 0) is 105 Å². The Bertz CT molecular complexity index is 1710. The monoisotopic (exact) mass is 720 g/mol. The first-order valence-electron chi connectivity index (χ1n) is 18.8. The second kappa shape index (κ2) is 16.5. The van der Waals surface area contributed by atoms with E-state index in [9.17, 15) is 0 Å². The van der Waals surface area contributed by atoms with Crippen LogP contribution in [-0.2, 0) is 10.8 Å². The molecule has 3 aromatic heterocycles. The van der Waals surface area contributed by atoms with Crippen LogP contribution in [0.3, 0.4) is 0 Å². The highest BCUT2D eigenvalue weighted by Crippen LogP contribution is 2.53. The van der Waals surface area contributed by atoms with Crippen molar-refractivity contribution in [1.82, 2.24) is 0 Å². The molecule has 0 atom stereocenters. The summed E-state index contributed by atoms with van der Waals surface area (Å²) in [6.07, 6.45) is 9.54. The van der Waals surface area contributed by atoms with Crippen molar-refractivity contribution in [3.05, 3.63) is 56.0 Å². The third-order valence-electron chi connectivity index (χ3n) is 10.1. The van der Waals surface area contributed by atoms with Gasteiger partial charge in [-0.15, -0.1) is 34.0 Å². The van der Waals surface area contributed by atoms with Crippen LogP contribution < -0.4 is 9.47 Å². The van der Waals surface area contributed by atoms with Crippen LogP contribution in [0.4, 0.5) is 0 Å². The van der Waals surface area contributed by atoms with E-state index < -0.39 is 0 Å². The minimum Gasteiger partial charge on any atom is -0.493 e. The molecule has 0 spiro atoms. The first kappa shape index (κ1) is 39.7. The molecule has 3 heterocycles. The van der Waals surface area contributed by atoms with Crippen LogP contribution in [0, 0.1) is 41.5 Å². The minimum atomic E-state index is -0.0604. The lowest BCUT2D eigenvalue weighted by atomic mass is 9.84. The maximum Gasteiger partial charge on any atom is 0.131 e. The molecule has 0 aliphatic rings. The average Bonchev–Trinajstić information content (AvgIpc) is 3.61. The third kappa shape index (κ3) is 8.87. The van der Waals surface area contributed by atoms with Crippen LogP contribution in [0.2, 0.25) is 0 Å². The molecule has 5 heteroatoms. The molecule has 0 saturated carbocycles. The predicted molar refractivity (Wildman–Crippen MR) is 221 cm³/mol. The molecule has 0 bridgehead atoms. The molecule has 0 aliphatic carbocycles. The summed E-state index contributed by atoms with van der Waals surface area (Å²) < 4.78 is 13.2. The van der Waals surface area contributed by atoms with Gasteiger partial charge >= 0.3 is 0 Å². The van der Waals surface area contributed by atoms with Gasteiger partial charge in [0.25, 0.3) is 0 Å². The van der Waals surface area contributed by atoms with Crippen molar-refractivity contribution < 1.29 is 9.47 Å². The Morgan fingerprint density at radius 2 is 0.898 bits per heavy atom. The highest BCUT2D eigenvalue weighted by atomic mass is 32.1. The standard InChI is InChI=1S/C44H64O2S3/c1-15-17-19-21-23-45-35-26-36(46-24-22-20-18-16-2)34(43(9,10)11)25-33(35)37-27(3)28(4)38(47-37)39-29(5)30(6)40(48-39)41-31(7)32(8)42(49-41)44(12,13)14/h25-26H,15-24H2,1-14H3. The normalized spacial score (nSPS) is 12.3. The molecule has 0 unspecified atom stereocenters. The average molecular weight is 721 g/mol. The van der Waals surface area contributed by atoms with E-state index in [0.717, 1.165) is 37.6 Å². The van der Waals surface area contributed by atoms with Crippen molar-refractivity contribution in [3.63, 3.8) is 0 Å². The van der Waals surface area contributed by atoms with E-state index in [1.165, 1.54) is 112 Å². The van der Waals surface area contributed by atoms with Gasteiger partial charge in [-0.1, -0.05) is 93.9 Å². The van der Waals surface area contributed by atoms with Crippen LogP contribution in [0.25, 0.3) is 29.9 Å². The topological polar surface area (TPSA) is 18.5 Å². The molecule has 0 fully saturated rings. The lowest BCUT2D eigenvalue weighted by Crippen LogP contribution is -2.15. The van der Waals surface area contributed by atoms with E-state index in [1.807, 2.05) is 34.0 Å². The van der Waals surface area contributed by atoms with Crippen molar-refractivity contribution >= 4 is 34.0 Å². The van der Waals surface area contributed by atoms with E-state index in [-0.39, 0.29) is 10.8 Å². The molecule has 1 aromatic carbocycles. The van der Waals surface area contributed by atoms with Gasteiger partial charge in [0, 0.05) is 46.5 Å². The van der Waals surface area contributed by atoms with Crippen molar-refractivity contribution in [2.75, 3.05) is 13.2 Å². The summed E-state index contributed by atoms with van der Waals surface area (Å²) in [6, 6.07) is 4.62. The van der Waals surface area contributed by atoms with E-state index in [1.54, 1.807) is 0 Å². The largest absolute Gasteiger partial charge is 0.493 e. The zero-order valence-corrected chi connectivity index (χ0v) is 35.7. The lowest BCUT2D eigenvalue weighted by molar-refractivity contribution is 0.286. The second-order valence-corrected chi connectivity index (χ2v) is 19.3. The second-order valence-electron chi connectivity index (χ2n) is 16.2. The maximum absolute atomic E-state index is 6.69. The fourth-order valence-electron chi connectivity index (χ4n) is 6.61.